The quantitative estimate of drug-likeness (QED) is 0.444. The number of hydrogen-bond donors (Lipinski definition) is 0. The Morgan fingerprint density at radius 2 is 1.62 bits per heavy atom. The first-order valence-electron chi connectivity index (χ1n) is 4.61. The maximum atomic E-state index is 10.8. The lowest BCUT2D eigenvalue weighted by atomic mass is 10.1. The van der Waals surface area contributed by atoms with Gasteiger partial charge in [-0.05, 0) is 32.4 Å². The van der Waals surface area contributed by atoms with Crippen molar-refractivity contribution in [3.8, 4) is 0 Å². The molecule has 1 amide bonds. The molecule has 0 bridgehead atoms. The average molecular weight is 205 g/mol. The molecular formula is C9H17ClN2O. The Morgan fingerprint density at radius 3 is 1.92 bits per heavy atom. The Labute approximate surface area is 84.6 Å². The molecule has 0 unspecified atom stereocenters. The predicted octanol–water partition coefficient (Wildman–Crippen LogP) is 1.76. The molecule has 1 saturated heterocycles. The first-order chi connectivity index (χ1) is 5.91. The van der Waals surface area contributed by atoms with E-state index in [9.17, 15) is 4.79 Å². The minimum absolute atomic E-state index is 0.196. The molecule has 4 heteroatoms. The third kappa shape index (κ3) is 2.85. The number of piperazine rings is 1. The van der Waals surface area contributed by atoms with Crippen LogP contribution >= 0.6 is 11.6 Å². The van der Waals surface area contributed by atoms with Crippen molar-refractivity contribution >= 4 is 17.0 Å². The van der Waals surface area contributed by atoms with E-state index in [0.29, 0.717) is 0 Å². The van der Waals surface area contributed by atoms with E-state index >= 15 is 0 Å². The monoisotopic (exact) mass is 204 g/mol. The first kappa shape index (κ1) is 10.8. The van der Waals surface area contributed by atoms with Crippen LogP contribution in [0.5, 0.6) is 0 Å². The number of carbonyl (C=O) groups excluding carboxylic acids is 1. The largest absolute Gasteiger partial charge is 0.327 e. The Bertz CT molecular complexity index is 192. The van der Waals surface area contributed by atoms with Gasteiger partial charge in [0.2, 0.25) is 0 Å². The molecule has 1 heterocycles. The van der Waals surface area contributed by atoms with E-state index in [1.165, 1.54) is 0 Å². The third-order valence-corrected chi connectivity index (χ3v) is 2.72. The van der Waals surface area contributed by atoms with Crippen molar-refractivity contribution in [1.29, 1.82) is 0 Å². The van der Waals surface area contributed by atoms with E-state index in [-0.39, 0.29) is 10.9 Å². The van der Waals surface area contributed by atoms with Crippen LogP contribution in [0.3, 0.4) is 0 Å². The molecule has 0 saturated carbocycles. The van der Waals surface area contributed by atoms with Gasteiger partial charge in [0.15, 0.2) is 0 Å². The lowest BCUT2D eigenvalue weighted by molar-refractivity contribution is 0.0797. The molecule has 0 aromatic heterocycles. The summed E-state index contributed by atoms with van der Waals surface area (Å²) in [5.74, 6) is 0. The normalized spacial score (nSPS) is 20.5. The van der Waals surface area contributed by atoms with Crippen LogP contribution in [0.2, 0.25) is 0 Å². The topological polar surface area (TPSA) is 23.6 Å². The van der Waals surface area contributed by atoms with Gasteiger partial charge in [0.25, 0.3) is 0 Å². The molecule has 1 aliphatic heterocycles. The Kier molecular flexibility index (Phi) is 3.19. The van der Waals surface area contributed by atoms with Crippen LogP contribution in [0, 0.1) is 0 Å². The van der Waals surface area contributed by atoms with Crippen molar-refractivity contribution in [2.24, 2.45) is 0 Å². The van der Waals surface area contributed by atoms with Crippen LogP contribution < -0.4 is 0 Å². The van der Waals surface area contributed by atoms with E-state index in [2.05, 4.69) is 25.7 Å². The fourth-order valence-electron chi connectivity index (χ4n) is 1.55. The molecule has 0 N–H and O–H groups in total. The van der Waals surface area contributed by atoms with Crippen molar-refractivity contribution in [2.45, 2.75) is 26.3 Å². The zero-order chi connectivity index (χ0) is 10.1. The van der Waals surface area contributed by atoms with Crippen LogP contribution in [0.1, 0.15) is 20.8 Å². The highest BCUT2D eigenvalue weighted by molar-refractivity contribution is 6.62. The maximum Gasteiger partial charge on any atom is 0.316 e. The van der Waals surface area contributed by atoms with Gasteiger partial charge in [-0.3, -0.25) is 9.69 Å². The molecule has 13 heavy (non-hydrogen) atoms. The second kappa shape index (κ2) is 3.84. The minimum atomic E-state index is -0.325. The Hall–Kier alpha value is -0.280. The smallest absolute Gasteiger partial charge is 0.316 e. The van der Waals surface area contributed by atoms with Gasteiger partial charge in [-0.2, -0.15) is 0 Å². The third-order valence-electron chi connectivity index (χ3n) is 2.48. The molecule has 0 spiro atoms. The summed E-state index contributed by atoms with van der Waals surface area (Å²) in [4.78, 5) is 14.9. The van der Waals surface area contributed by atoms with Crippen LogP contribution in [0.15, 0.2) is 0 Å². The maximum absolute atomic E-state index is 10.8. The van der Waals surface area contributed by atoms with Gasteiger partial charge in [-0.1, -0.05) is 0 Å². The molecule has 0 aliphatic carbocycles. The molecule has 3 nitrogen and oxygen atoms in total. The number of hydrogen-bond acceptors (Lipinski definition) is 2. The average Bonchev–Trinajstić information content (AvgIpc) is 2.03. The Balaban J connectivity index is 2.44. The molecule has 1 aliphatic rings. The molecule has 1 fully saturated rings. The Morgan fingerprint density at radius 1 is 1.15 bits per heavy atom. The van der Waals surface area contributed by atoms with Gasteiger partial charge in [0.1, 0.15) is 0 Å². The second-order valence-electron chi connectivity index (χ2n) is 4.40. The highest BCUT2D eigenvalue weighted by Crippen LogP contribution is 2.16. The predicted molar refractivity (Wildman–Crippen MR) is 54.1 cm³/mol. The molecule has 0 atom stereocenters. The molecule has 0 radical (unpaired) electrons. The fraction of sp³-hybridized carbons (Fsp3) is 0.889. The minimum Gasteiger partial charge on any atom is -0.327 e. The van der Waals surface area contributed by atoms with Crippen molar-refractivity contribution in [3.63, 3.8) is 0 Å². The highest BCUT2D eigenvalue weighted by Gasteiger charge is 2.26. The van der Waals surface area contributed by atoms with Crippen molar-refractivity contribution < 1.29 is 4.79 Å². The van der Waals surface area contributed by atoms with Gasteiger partial charge in [0, 0.05) is 31.7 Å². The number of halogens is 1. The zero-order valence-electron chi connectivity index (χ0n) is 8.51. The summed E-state index contributed by atoms with van der Waals surface area (Å²) < 4.78 is 0. The molecular weight excluding hydrogens is 188 g/mol. The lowest BCUT2D eigenvalue weighted by Gasteiger charge is -2.41. The number of rotatable bonds is 0. The van der Waals surface area contributed by atoms with E-state index in [1.807, 2.05) is 0 Å². The van der Waals surface area contributed by atoms with Crippen molar-refractivity contribution in [2.75, 3.05) is 26.2 Å². The second-order valence-corrected chi connectivity index (χ2v) is 4.72. The highest BCUT2D eigenvalue weighted by atomic mass is 35.5. The summed E-state index contributed by atoms with van der Waals surface area (Å²) in [5.41, 5.74) is 0.196. The summed E-state index contributed by atoms with van der Waals surface area (Å²) >= 11 is 5.39. The zero-order valence-corrected chi connectivity index (χ0v) is 9.26. The lowest BCUT2D eigenvalue weighted by Crippen LogP contribution is -2.53. The molecule has 0 aromatic rings. The molecule has 76 valence electrons. The van der Waals surface area contributed by atoms with Gasteiger partial charge in [0.05, 0.1) is 0 Å². The summed E-state index contributed by atoms with van der Waals surface area (Å²) in [7, 11) is 0. The van der Waals surface area contributed by atoms with E-state index in [1.54, 1.807) is 4.90 Å². The van der Waals surface area contributed by atoms with E-state index in [4.69, 9.17) is 11.6 Å². The summed E-state index contributed by atoms with van der Waals surface area (Å²) in [6, 6.07) is 0. The fourth-order valence-corrected chi connectivity index (χ4v) is 1.72. The summed E-state index contributed by atoms with van der Waals surface area (Å²) in [6.07, 6.45) is 0. The van der Waals surface area contributed by atoms with Crippen LogP contribution in [0.4, 0.5) is 4.79 Å². The number of amides is 1. The molecule has 1 rings (SSSR count). The van der Waals surface area contributed by atoms with Crippen LogP contribution in [0.25, 0.3) is 0 Å². The van der Waals surface area contributed by atoms with E-state index < -0.39 is 0 Å². The SMILES string of the molecule is CC(C)(C)N1CCN(C(=O)Cl)CC1. The van der Waals surface area contributed by atoms with Crippen molar-refractivity contribution in [3.05, 3.63) is 0 Å². The summed E-state index contributed by atoms with van der Waals surface area (Å²) in [6.45, 7) is 9.89. The summed E-state index contributed by atoms with van der Waals surface area (Å²) in [5, 5.41) is -0.325. The molecule has 0 aromatic carbocycles. The van der Waals surface area contributed by atoms with Gasteiger partial charge in [-0.25, -0.2) is 0 Å². The van der Waals surface area contributed by atoms with Crippen molar-refractivity contribution in [1.82, 2.24) is 9.80 Å². The van der Waals surface area contributed by atoms with E-state index in [0.717, 1.165) is 26.2 Å². The van der Waals surface area contributed by atoms with Crippen LogP contribution in [-0.4, -0.2) is 46.9 Å². The van der Waals surface area contributed by atoms with Crippen LogP contribution in [-0.2, 0) is 0 Å². The first-order valence-corrected chi connectivity index (χ1v) is 4.98. The van der Waals surface area contributed by atoms with Gasteiger partial charge in [-0.15, -0.1) is 0 Å². The number of nitrogens with zero attached hydrogens (tertiary/aromatic N) is 2. The van der Waals surface area contributed by atoms with Gasteiger partial charge < -0.3 is 4.90 Å². The number of carbonyl (C=O) groups is 1. The standard InChI is InChI=1S/C9H17ClN2O/c1-9(2,3)12-6-4-11(5-7-12)8(10)13/h4-7H2,1-3H3. The van der Waals surface area contributed by atoms with Gasteiger partial charge >= 0.3 is 5.37 Å².